The quantitative estimate of drug-likeness (QED) is 0.627. The van der Waals surface area contributed by atoms with Gasteiger partial charge in [-0.1, -0.05) is 0 Å². The summed E-state index contributed by atoms with van der Waals surface area (Å²) in [6.07, 6.45) is 0.605. The molecule has 0 unspecified atom stereocenters. The van der Waals surface area contributed by atoms with Crippen molar-refractivity contribution in [2.75, 3.05) is 19.3 Å². The average Bonchev–Trinajstić information content (AvgIpc) is 2.31. The monoisotopic (exact) mass is 208 g/mol. The summed E-state index contributed by atoms with van der Waals surface area (Å²) in [6.45, 7) is 0.630. The number of hydrogen-bond acceptors (Lipinski definition) is 3. The van der Waals surface area contributed by atoms with Crippen molar-refractivity contribution >= 4 is 16.1 Å². The smallest absolute Gasteiger partial charge is 0.407 e. The fourth-order valence-electron chi connectivity index (χ4n) is 1.33. The predicted octanol–water partition coefficient (Wildman–Crippen LogP) is -0.712. The largest absolute Gasteiger partial charge is 0.465 e. The Balaban J connectivity index is 2.47. The van der Waals surface area contributed by atoms with E-state index in [0.717, 1.165) is 6.26 Å². The molecule has 1 atom stereocenters. The summed E-state index contributed by atoms with van der Waals surface area (Å²) in [5.74, 6) is 0. The molecule has 1 fully saturated rings. The minimum atomic E-state index is -3.23. The van der Waals surface area contributed by atoms with E-state index in [1.807, 2.05) is 0 Å². The predicted molar refractivity (Wildman–Crippen MR) is 46.0 cm³/mol. The van der Waals surface area contributed by atoms with Gasteiger partial charge in [-0.25, -0.2) is 17.9 Å². The van der Waals surface area contributed by atoms with E-state index in [1.54, 1.807) is 0 Å². The number of likely N-dealkylation sites (tertiary alicyclic amines) is 1. The lowest BCUT2D eigenvalue weighted by Crippen LogP contribution is -2.37. The molecule has 7 heteroatoms. The van der Waals surface area contributed by atoms with Crippen molar-refractivity contribution in [3.05, 3.63) is 0 Å². The lowest BCUT2D eigenvalue weighted by Gasteiger charge is -2.12. The van der Waals surface area contributed by atoms with Crippen LogP contribution in [-0.2, 0) is 10.0 Å². The van der Waals surface area contributed by atoms with Gasteiger partial charge in [0, 0.05) is 19.1 Å². The van der Waals surface area contributed by atoms with Gasteiger partial charge in [-0.3, -0.25) is 0 Å². The van der Waals surface area contributed by atoms with Crippen LogP contribution in [0.1, 0.15) is 6.42 Å². The fourth-order valence-corrected chi connectivity index (χ4v) is 2.13. The molecule has 0 bridgehead atoms. The molecule has 0 aliphatic carbocycles. The Labute approximate surface area is 76.6 Å². The standard InChI is InChI=1S/C6H12N2O4S/c1-13(11,12)7-5-2-3-8(4-5)6(9)10/h5,7H,2-4H2,1H3,(H,9,10)/t5-/m1/s1. The van der Waals surface area contributed by atoms with Crippen molar-refractivity contribution in [2.45, 2.75) is 12.5 Å². The number of hydrogen-bond donors (Lipinski definition) is 2. The molecular weight excluding hydrogens is 196 g/mol. The highest BCUT2D eigenvalue weighted by Gasteiger charge is 2.27. The Hall–Kier alpha value is -0.820. The minimum Gasteiger partial charge on any atom is -0.465 e. The molecule has 1 amide bonds. The first-order valence-electron chi connectivity index (χ1n) is 3.83. The highest BCUT2D eigenvalue weighted by Crippen LogP contribution is 2.09. The Morgan fingerprint density at radius 2 is 2.23 bits per heavy atom. The van der Waals surface area contributed by atoms with E-state index in [4.69, 9.17) is 5.11 Å². The molecule has 0 aromatic carbocycles. The van der Waals surface area contributed by atoms with Gasteiger partial charge in [0.1, 0.15) is 0 Å². The third-order valence-electron chi connectivity index (χ3n) is 1.84. The van der Waals surface area contributed by atoms with E-state index in [9.17, 15) is 13.2 Å². The van der Waals surface area contributed by atoms with Gasteiger partial charge in [0.2, 0.25) is 10.0 Å². The molecule has 0 spiro atoms. The molecule has 6 nitrogen and oxygen atoms in total. The number of sulfonamides is 1. The number of nitrogens with zero attached hydrogens (tertiary/aromatic N) is 1. The molecule has 1 aliphatic heterocycles. The molecule has 0 saturated carbocycles. The molecule has 1 saturated heterocycles. The number of carboxylic acid groups (broad SMARTS) is 1. The van der Waals surface area contributed by atoms with Crippen LogP contribution in [0.5, 0.6) is 0 Å². The molecule has 1 aliphatic rings. The summed E-state index contributed by atoms with van der Waals surface area (Å²) in [4.78, 5) is 11.7. The summed E-state index contributed by atoms with van der Waals surface area (Å²) in [6, 6.07) is -0.272. The molecule has 1 rings (SSSR count). The second-order valence-electron chi connectivity index (χ2n) is 3.10. The second kappa shape index (κ2) is 3.51. The van der Waals surface area contributed by atoms with Crippen LogP contribution in [-0.4, -0.2) is 49.9 Å². The zero-order valence-corrected chi connectivity index (χ0v) is 8.04. The molecular formula is C6H12N2O4S. The van der Waals surface area contributed by atoms with Crippen molar-refractivity contribution in [2.24, 2.45) is 0 Å². The SMILES string of the molecule is CS(=O)(=O)N[C@@H]1CCN(C(=O)O)C1. The van der Waals surface area contributed by atoms with Gasteiger partial charge in [0.15, 0.2) is 0 Å². The molecule has 0 aromatic heterocycles. The summed E-state index contributed by atoms with van der Waals surface area (Å²) < 4.78 is 23.9. The van der Waals surface area contributed by atoms with Crippen molar-refractivity contribution in [1.82, 2.24) is 9.62 Å². The molecule has 0 radical (unpaired) electrons. The third-order valence-corrected chi connectivity index (χ3v) is 2.60. The van der Waals surface area contributed by atoms with Gasteiger partial charge in [0.25, 0.3) is 0 Å². The van der Waals surface area contributed by atoms with Gasteiger partial charge >= 0.3 is 6.09 Å². The van der Waals surface area contributed by atoms with Crippen LogP contribution < -0.4 is 4.72 Å². The zero-order valence-electron chi connectivity index (χ0n) is 7.23. The Morgan fingerprint density at radius 1 is 1.62 bits per heavy atom. The van der Waals surface area contributed by atoms with Gasteiger partial charge in [0.05, 0.1) is 6.26 Å². The van der Waals surface area contributed by atoms with Crippen molar-refractivity contribution in [3.63, 3.8) is 0 Å². The van der Waals surface area contributed by atoms with Gasteiger partial charge in [-0.05, 0) is 6.42 Å². The summed E-state index contributed by atoms with van der Waals surface area (Å²) >= 11 is 0. The molecule has 1 heterocycles. The minimum absolute atomic E-state index is 0.238. The highest BCUT2D eigenvalue weighted by atomic mass is 32.2. The van der Waals surface area contributed by atoms with E-state index < -0.39 is 16.1 Å². The van der Waals surface area contributed by atoms with E-state index in [0.29, 0.717) is 13.0 Å². The van der Waals surface area contributed by atoms with Crippen molar-refractivity contribution in [1.29, 1.82) is 0 Å². The summed E-state index contributed by atoms with van der Waals surface area (Å²) in [5.41, 5.74) is 0. The lowest BCUT2D eigenvalue weighted by molar-refractivity contribution is 0.155. The fraction of sp³-hybridized carbons (Fsp3) is 0.833. The summed E-state index contributed by atoms with van der Waals surface area (Å²) in [7, 11) is -3.23. The first-order chi connectivity index (χ1) is 5.88. The Morgan fingerprint density at radius 3 is 2.62 bits per heavy atom. The Kier molecular flexibility index (Phi) is 2.77. The normalized spacial score (nSPS) is 23.5. The topological polar surface area (TPSA) is 86.7 Å². The molecule has 2 N–H and O–H groups in total. The van der Waals surface area contributed by atoms with Crippen LogP contribution in [0.2, 0.25) is 0 Å². The van der Waals surface area contributed by atoms with Crippen molar-refractivity contribution in [3.8, 4) is 0 Å². The molecule has 0 aromatic rings. The van der Waals surface area contributed by atoms with Crippen LogP contribution >= 0.6 is 0 Å². The molecule has 76 valence electrons. The zero-order chi connectivity index (χ0) is 10.1. The average molecular weight is 208 g/mol. The number of amides is 1. The van der Waals surface area contributed by atoms with E-state index in [1.165, 1.54) is 4.90 Å². The number of nitrogens with one attached hydrogen (secondary N) is 1. The number of rotatable bonds is 2. The van der Waals surface area contributed by atoms with E-state index >= 15 is 0 Å². The third kappa shape index (κ3) is 3.19. The van der Waals surface area contributed by atoms with Crippen molar-refractivity contribution < 1.29 is 18.3 Å². The summed E-state index contributed by atoms with van der Waals surface area (Å²) in [5, 5.41) is 8.58. The Bertz CT molecular complexity index is 300. The first kappa shape index (κ1) is 10.3. The number of carbonyl (C=O) groups is 1. The second-order valence-corrected chi connectivity index (χ2v) is 4.88. The van der Waals surface area contributed by atoms with Crippen LogP contribution in [0.4, 0.5) is 4.79 Å². The molecule has 13 heavy (non-hydrogen) atoms. The lowest BCUT2D eigenvalue weighted by atomic mass is 10.3. The van der Waals surface area contributed by atoms with Crippen LogP contribution in [0, 0.1) is 0 Å². The van der Waals surface area contributed by atoms with E-state index in [2.05, 4.69) is 4.72 Å². The van der Waals surface area contributed by atoms with Gasteiger partial charge in [-0.2, -0.15) is 0 Å². The van der Waals surface area contributed by atoms with Gasteiger partial charge < -0.3 is 10.0 Å². The van der Waals surface area contributed by atoms with Crippen LogP contribution in [0.25, 0.3) is 0 Å². The highest BCUT2D eigenvalue weighted by molar-refractivity contribution is 7.88. The maximum absolute atomic E-state index is 10.8. The van der Waals surface area contributed by atoms with Gasteiger partial charge in [-0.15, -0.1) is 0 Å². The maximum Gasteiger partial charge on any atom is 0.407 e. The maximum atomic E-state index is 10.8. The first-order valence-corrected chi connectivity index (χ1v) is 5.73. The van der Waals surface area contributed by atoms with Crippen LogP contribution in [0.3, 0.4) is 0 Å². The van der Waals surface area contributed by atoms with E-state index in [-0.39, 0.29) is 12.6 Å². The van der Waals surface area contributed by atoms with Crippen LogP contribution in [0.15, 0.2) is 0 Å².